The minimum Gasteiger partial charge on any atom is -0.329 e. The summed E-state index contributed by atoms with van der Waals surface area (Å²) in [7, 11) is 0. The number of hydrogen-bond acceptors (Lipinski definition) is 3. The van der Waals surface area contributed by atoms with Crippen molar-refractivity contribution in [2.45, 2.75) is 12.8 Å². The zero-order valence-electron chi connectivity index (χ0n) is 11.9. The molecule has 0 bridgehead atoms. The average Bonchev–Trinajstić information content (AvgIpc) is 2.49. The van der Waals surface area contributed by atoms with E-state index in [0.717, 1.165) is 5.56 Å². The quantitative estimate of drug-likeness (QED) is 0.828. The minimum absolute atomic E-state index is 0.0375. The molecule has 2 aromatic carbocycles. The van der Waals surface area contributed by atoms with E-state index in [9.17, 15) is 9.59 Å². The fourth-order valence-corrected chi connectivity index (χ4v) is 2.13. The molecule has 0 aliphatic heterocycles. The highest BCUT2D eigenvalue weighted by Gasteiger charge is 2.19. The summed E-state index contributed by atoms with van der Waals surface area (Å²) in [6.45, 7) is 1.72. The molecule has 21 heavy (non-hydrogen) atoms. The molecule has 1 atom stereocenters. The fraction of sp³-hybridized carbons (Fsp3) is 0.176. The lowest BCUT2D eigenvalue weighted by molar-refractivity contribution is -0.117. The largest absolute Gasteiger partial charge is 0.329 e. The van der Waals surface area contributed by atoms with Crippen molar-refractivity contribution in [3.63, 3.8) is 0 Å². The lowest BCUT2D eigenvalue weighted by Gasteiger charge is -2.15. The van der Waals surface area contributed by atoms with E-state index in [0.29, 0.717) is 11.3 Å². The normalized spacial score (nSPS) is 11.7. The Balaban J connectivity index is 2.16. The third-order valence-electron chi connectivity index (χ3n) is 3.29. The summed E-state index contributed by atoms with van der Waals surface area (Å²) in [4.78, 5) is 23.7. The first kappa shape index (κ1) is 14.9. The molecule has 1 amide bonds. The summed E-state index contributed by atoms with van der Waals surface area (Å²) in [5.74, 6) is -0.624. The first-order valence-electron chi connectivity index (χ1n) is 6.78. The Bertz CT molecular complexity index is 638. The second kappa shape index (κ2) is 6.81. The molecule has 108 valence electrons. The fourth-order valence-electron chi connectivity index (χ4n) is 2.13. The molecule has 0 aliphatic rings. The highest BCUT2D eigenvalue weighted by atomic mass is 16.2. The van der Waals surface area contributed by atoms with Crippen LogP contribution in [0.1, 0.15) is 28.8 Å². The predicted octanol–water partition coefficient (Wildman–Crippen LogP) is 2.57. The molecular formula is C17H18N2O2. The Morgan fingerprint density at radius 2 is 1.81 bits per heavy atom. The number of carbonyl (C=O) groups is 2. The Morgan fingerprint density at radius 3 is 2.43 bits per heavy atom. The van der Waals surface area contributed by atoms with Crippen LogP contribution < -0.4 is 11.1 Å². The number of hydrogen-bond donors (Lipinski definition) is 2. The van der Waals surface area contributed by atoms with Crippen LogP contribution in [0.15, 0.2) is 54.6 Å². The Labute approximate surface area is 124 Å². The van der Waals surface area contributed by atoms with Gasteiger partial charge in [0.25, 0.3) is 0 Å². The van der Waals surface area contributed by atoms with E-state index in [2.05, 4.69) is 5.32 Å². The van der Waals surface area contributed by atoms with Crippen molar-refractivity contribution >= 4 is 17.4 Å². The van der Waals surface area contributed by atoms with Crippen LogP contribution in [0.5, 0.6) is 0 Å². The van der Waals surface area contributed by atoms with Gasteiger partial charge in [-0.3, -0.25) is 9.59 Å². The Morgan fingerprint density at radius 1 is 1.10 bits per heavy atom. The molecule has 0 spiro atoms. The third kappa shape index (κ3) is 3.77. The van der Waals surface area contributed by atoms with Gasteiger partial charge in [-0.05, 0) is 24.6 Å². The number of nitrogens with one attached hydrogen (secondary N) is 1. The molecular weight excluding hydrogens is 264 g/mol. The highest BCUT2D eigenvalue weighted by Crippen LogP contribution is 2.18. The topological polar surface area (TPSA) is 72.2 Å². The van der Waals surface area contributed by atoms with Crippen molar-refractivity contribution in [2.75, 3.05) is 11.9 Å². The molecule has 4 nitrogen and oxygen atoms in total. The van der Waals surface area contributed by atoms with Crippen LogP contribution in [-0.2, 0) is 4.79 Å². The standard InChI is InChI=1S/C17H18N2O2/c1-12(20)14-8-5-9-15(10-14)19-17(21)16(11-18)13-6-3-2-4-7-13/h2-10,16H,11,18H2,1H3,(H,19,21). The van der Waals surface area contributed by atoms with Gasteiger partial charge < -0.3 is 11.1 Å². The van der Waals surface area contributed by atoms with E-state index in [1.165, 1.54) is 6.92 Å². The first-order chi connectivity index (χ1) is 10.1. The van der Waals surface area contributed by atoms with Crippen molar-refractivity contribution in [1.29, 1.82) is 0 Å². The lowest BCUT2D eigenvalue weighted by atomic mass is 9.98. The van der Waals surface area contributed by atoms with Crippen molar-refractivity contribution in [2.24, 2.45) is 5.73 Å². The minimum atomic E-state index is -0.410. The van der Waals surface area contributed by atoms with Gasteiger partial charge in [-0.2, -0.15) is 0 Å². The van der Waals surface area contributed by atoms with Crippen LogP contribution in [0.4, 0.5) is 5.69 Å². The molecule has 0 radical (unpaired) electrons. The molecule has 0 aliphatic carbocycles. The first-order valence-corrected chi connectivity index (χ1v) is 6.78. The zero-order chi connectivity index (χ0) is 15.2. The molecule has 0 saturated heterocycles. The Hall–Kier alpha value is -2.46. The second-order valence-corrected chi connectivity index (χ2v) is 4.83. The maximum atomic E-state index is 12.3. The maximum absolute atomic E-state index is 12.3. The Kier molecular flexibility index (Phi) is 4.85. The molecule has 0 heterocycles. The van der Waals surface area contributed by atoms with Crippen molar-refractivity contribution in [1.82, 2.24) is 0 Å². The monoisotopic (exact) mass is 282 g/mol. The predicted molar refractivity (Wildman–Crippen MR) is 83.3 cm³/mol. The molecule has 2 aromatic rings. The number of anilines is 1. The summed E-state index contributed by atoms with van der Waals surface area (Å²) >= 11 is 0. The maximum Gasteiger partial charge on any atom is 0.233 e. The van der Waals surface area contributed by atoms with Crippen LogP contribution in [0.2, 0.25) is 0 Å². The molecule has 3 N–H and O–H groups in total. The highest BCUT2D eigenvalue weighted by molar-refractivity contribution is 5.99. The van der Waals surface area contributed by atoms with Gasteiger partial charge in [-0.1, -0.05) is 42.5 Å². The molecule has 1 unspecified atom stereocenters. The van der Waals surface area contributed by atoms with E-state index in [4.69, 9.17) is 5.73 Å². The lowest BCUT2D eigenvalue weighted by Crippen LogP contribution is -2.27. The van der Waals surface area contributed by atoms with Crippen molar-refractivity contribution in [3.8, 4) is 0 Å². The van der Waals surface area contributed by atoms with Crippen molar-refractivity contribution < 1.29 is 9.59 Å². The van der Waals surface area contributed by atoms with Crippen LogP contribution in [-0.4, -0.2) is 18.2 Å². The average molecular weight is 282 g/mol. The molecule has 2 rings (SSSR count). The number of carbonyl (C=O) groups excluding carboxylic acids is 2. The number of nitrogens with two attached hydrogens (primary N) is 1. The molecule has 0 aromatic heterocycles. The molecule has 0 fully saturated rings. The van der Waals surface area contributed by atoms with Gasteiger partial charge in [0.05, 0.1) is 5.92 Å². The van der Waals surface area contributed by atoms with E-state index in [1.807, 2.05) is 30.3 Å². The van der Waals surface area contributed by atoms with Crippen molar-refractivity contribution in [3.05, 3.63) is 65.7 Å². The van der Waals surface area contributed by atoms with Crippen LogP contribution in [0.25, 0.3) is 0 Å². The SMILES string of the molecule is CC(=O)c1cccc(NC(=O)C(CN)c2ccccc2)c1. The molecule has 0 saturated carbocycles. The summed E-state index contributed by atoms with van der Waals surface area (Å²) in [5, 5.41) is 2.82. The van der Waals surface area contributed by atoms with Crippen LogP contribution in [0, 0.1) is 0 Å². The summed E-state index contributed by atoms with van der Waals surface area (Å²) in [6, 6.07) is 16.3. The number of ketones is 1. The zero-order valence-corrected chi connectivity index (χ0v) is 11.9. The van der Waals surface area contributed by atoms with Crippen LogP contribution in [0.3, 0.4) is 0 Å². The summed E-state index contributed by atoms with van der Waals surface area (Å²) in [6.07, 6.45) is 0. The number of amides is 1. The van der Waals surface area contributed by atoms with Gasteiger partial charge >= 0.3 is 0 Å². The van der Waals surface area contributed by atoms with Gasteiger partial charge in [-0.15, -0.1) is 0 Å². The van der Waals surface area contributed by atoms with Gasteiger partial charge in [0.2, 0.25) is 5.91 Å². The van der Waals surface area contributed by atoms with Crippen LogP contribution >= 0.6 is 0 Å². The second-order valence-electron chi connectivity index (χ2n) is 4.83. The van der Waals surface area contributed by atoms with Gasteiger partial charge in [0.1, 0.15) is 0 Å². The van der Waals surface area contributed by atoms with Gasteiger partial charge in [0, 0.05) is 17.8 Å². The molecule has 4 heteroatoms. The van der Waals surface area contributed by atoms with Gasteiger partial charge in [-0.25, -0.2) is 0 Å². The van der Waals surface area contributed by atoms with E-state index in [1.54, 1.807) is 24.3 Å². The summed E-state index contributed by atoms with van der Waals surface area (Å²) in [5.41, 5.74) is 7.76. The number of benzene rings is 2. The third-order valence-corrected chi connectivity index (χ3v) is 3.29. The number of Topliss-reactive ketones (excluding diaryl/α,β-unsaturated/α-hetero) is 1. The number of rotatable bonds is 5. The van der Waals surface area contributed by atoms with Gasteiger partial charge in [0.15, 0.2) is 5.78 Å². The smallest absolute Gasteiger partial charge is 0.233 e. The van der Waals surface area contributed by atoms with E-state index < -0.39 is 5.92 Å². The van der Waals surface area contributed by atoms with E-state index >= 15 is 0 Å². The summed E-state index contributed by atoms with van der Waals surface area (Å²) < 4.78 is 0. The van der Waals surface area contributed by atoms with E-state index in [-0.39, 0.29) is 18.2 Å².